The Morgan fingerprint density at radius 2 is 2.18 bits per heavy atom. The third kappa shape index (κ3) is 3.35. The largest absolute Gasteiger partial charge is 0.472 e. The molecular formula is C11H12BrF2NO2. The quantitative estimate of drug-likeness (QED) is 0.860. The van der Waals surface area contributed by atoms with Gasteiger partial charge in [-0.3, -0.25) is 0 Å². The van der Waals surface area contributed by atoms with Crippen LogP contribution in [0.5, 0.6) is 5.88 Å². The normalized spacial score (nSPS) is 19.0. The van der Waals surface area contributed by atoms with Crippen molar-refractivity contribution in [2.24, 2.45) is 0 Å². The Balaban J connectivity index is 1.97. The Labute approximate surface area is 106 Å². The Morgan fingerprint density at radius 1 is 1.47 bits per heavy atom. The van der Waals surface area contributed by atoms with Crippen LogP contribution in [0.15, 0.2) is 16.7 Å². The minimum Gasteiger partial charge on any atom is -0.472 e. The molecule has 0 aromatic carbocycles. The minimum absolute atomic E-state index is 0.170. The zero-order valence-corrected chi connectivity index (χ0v) is 10.7. The number of aromatic nitrogens is 1. The standard InChI is InChI=1S/C11H12BrF2NO2/c12-8-5-9(13)10(15-6-8)17-7-11(14)1-3-16-4-2-11/h5-6H,1-4,7H2. The zero-order chi connectivity index (χ0) is 12.3. The van der Waals surface area contributed by atoms with E-state index >= 15 is 0 Å². The molecule has 0 radical (unpaired) electrons. The lowest BCUT2D eigenvalue weighted by atomic mass is 9.98. The topological polar surface area (TPSA) is 31.4 Å². The second kappa shape index (κ2) is 5.27. The summed E-state index contributed by atoms with van der Waals surface area (Å²) in [6, 6.07) is 1.23. The van der Waals surface area contributed by atoms with Crippen molar-refractivity contribution in [3.05, 3.63) is 22.6 Å². The average Bonchev–Trinajstić information content (AvgIpc) is 2.29. The second-order valence-corrected chi connectivity index (χ2v) is 4.91. The fourth-order valence-electron chi connectivity index (χ4n) is 1.59. The van der Waals surface area contributed by atoms with Gasteiger partial charge in [0.2, 0.25) is 0 Å². The van der Waals surface area contributed by atoms with Crippen molar-refractivity contribution < 1.29 is 18.3 Å². The van der Waals surface area contributed by atoms with Gasteiger partial charge < -0.3 is 9.47 Å². The Bertz CT molecular complexity index is 397. The number of hydrogen-bond acceptors (Lipinski definition) is 3. The zero-order valence-electron chi connectivity index (χ0n) is 9.09. The van der Waals surface area contributed by atoms with Crippen LogP contribution in [0.25, 0.3) is 0 Å². The average molecular weight is 308 g/mol. The van der Waals surface area contributed by atoms with Gasteiger partial charge in [0.1, 0.15) is 12.3 Å². The summed E-state index contributed by atoms with van der Waals surface area (Å²) in [5.74, 6) is -0.772. The number of nitrogens with zero attached hydrogens (tertiary/aromatic N) is 1. The van der Waals surface area contributed by atoms with Crippen LogP contribution in [-0.2, 0) is 4.74 Å². The van der Waals surface area contributed by atoms with E-state index in [1.165, 1.54) is 12.3 Å². The predicted octanol–water partition coefficient (Wildman–Crippen LogP) is 2.88. The van der Waals surface area contributed by atoms with Gasteiger partial charge in [-0.1, -0.05) is 0 Å². The van der Waals surface area contributed by atoms with Gasteiger partial charge in [0.25, 0.3) is 5.88 Å². The van der Waals surface area contributed by atoms with Gasteiger partial charge in [-0.15, -0.1) is 0 Å². The van der Waals surface area contributed by atoms with Crippen LogP contribution in [-0.4, -0.2) is 30.5 Å². The summed E-state index contributed by atoms with van der Waals surface area (Å²) < 4.78 is 38.1. The van der Waals surface area contributed by atoms with Crippen molar-refractivity contribution >= 4 is 15.9 Å². The third-order valence-electron chi connectivity index (χ3n) is 2.63. The Kier molecular flexibility index (Phi) is 3.93. The van der Waals surface area contributed by atoms with Gasteiger partial charge >= 0.3 is 0 Å². The van der Waals surface area contributed by atoms with Gasteiger partial charge in [-0.05, 0) is 22.0 Å². The van der Waals surface area contributed by atoms with Crippen molar-refractivity contribution in [2.75, 3.05) is 19.8 Å². The smallest absolute Gasteiger partial charge is 0.250 e. The molecule has 3 nitrogen and oxygen atoms in total. The summed E-state index contributed by atoms with van der Waals surface area (Å²) in [6.07, 6.45) is 1.95. The highest BCUT2D eigenvalue weighted by molar-refractivity contribution is 9.10. The van der Waals surface area contributed by atoms with Crippen molar-refractivity contribution in [1.29, 1.82) is 0 Å². The van der Waals surface area contributed by atoms with E-state index in [1.807, 2.05) is 0 Å². The van der Waals surface area contributed by atoms with Crippen LogP contribution in [0.2, 0.25) is 0 Å². The van der Waals surface area contributed by atoms with E-state index in [9.17, 15) is 8.78 Å². The van der Waals surface area contributed by atoms with Gasteiger partial charge in [0.15, 0.2) is 5.82 Å². The molecule has 1 aromatic heterocycles. The first kappa shape index (κ1) is 12.7. The lowest BCUT2D eigenvalue weighted by molar-refractivity contribution is -0.0337. The second-order valence-electron chi connectivity index (χ2n) is 3.99. The van der Waals surface area contributed by atoms with Crippen LogP contribution < -0.4 is 4.74 Å². The molecule has 2 rings (SSSR count). The molecule has 0 spiro atoms. The van der Waals surface area contributed by atoms with Crippen molar-refractivity contribution in [1.82, 2.24) is 4.98 Å². The molecule has 0 unspecified atom stereocenters. The Morgan fingerprint density at radius 3 is 2.82 bits per heavy atom. The number of ether oxygens (including phenoxy) is 2. The Hall–Kier alpha value is -0.750. The molecule has 0 saturated carbocycles. The summed E-state index contributed by atoms with van der Waals surface area (Å²) in [6.45, 7) is 0.550. The molecule has 0 bridgehead atoms. The van der Waals surface area contributed by atoms with E-state index in [1.54, 1.807) is 0 Å². The summed E-state index contributed by atoms with van der Waals surface area (Å²) in [7, 11) is 0. The molecule has 0 amide bonds. The van der Waals surface area contributed by atoms with E-state index in [2.05, 4.69) is 20.9 Å². The number of rotatable bonds is 3. The summed E-state index contributed by atoms with van der Waals surface area (Å²) in [5, 5.41) is 0. The van der Waals surface area contributed by atoms with E-state index in [4.69, 9.17) is 9.47 Å². The molecule has 1 aliphatic heterocycles. The first-order valence-electron chi connectivity index (χ1n) is 5.30. The molecule has 94 valence electrons. The van der Waals surface area contributed by atoms with Crippen molar-refractivity contribution in [3.63, 3.8) is 0 Å². The molecule has 1 aromatic rings. The maximum absolute atomic E-state index is 14.1. The summed E-state index contributed by atoms with van der Waals surface area (Å²) in [4.78, 5) is 3.75. The number of alkyl halides is 1. The van der Waals surface area contributed by atoms with E-state index in [-0.39, 0.29) is 25.3 Å². The SMILES string of the molecule is Fc1cc(Br)cnc1OCC1(F)CCOCC1. The van der Waals surface area contributed by atoms with Gasteiger partial charge in [-0.2, -0.15) is 0 Å². The van der Waals surface area contributed by atoms with E-state index < -0.39 is 11.5 Å². The molecule has 0 aliphatic carbocycles. The maximum Gasteiger partial charge on any atom is 0.250 e. The fraction of sp³-hybridized carbons (Fsp3) is 0.545. The first-order valence-corrected chi connectivity index (χ1v) is 6.09. The molecule has 1 saturated heterocycles. The molecular weight excluding hydrogens is 296 g/mol. The summed E-state index contributed by atoms with van der Waals surface area (Å²) in [5.41, 5.74) is -1.44. The molecule has 0 atom stereocenters. The number of pyridine rings is 1. The van der Waals surface area contributed by atoms with Crippen LogP contribution in [0.1, 0.15) is 12.8 Å². The number of hydrogen-bond donors (Lipinski definition) is 0. The highest BCUT2D eigenvalue weighted by Crippen LogP contribution is 2.27. The van der Waals surface area contributed by atoms with Crippen LogP contribution in [0.3, 0.4) is 0 Å². The molecule has 2 heterocycles. The highest BCUT2D eigenvalue weighted by atomic mass is 79.9. The minimum atomic E-state index is -1.44. The first-order chi connectivity index (χ1) is 8.09. The molecule has 1 aliphatic rings. The van der Waals surface area contributed by atoms with E-state index in [0.717, 1.165) is 0 Å². The van der Waals surface area contributed by atoms with Crippen molar-refractivity contribution in [2.45, 2.75) is 18.5 Å². The molecule has 0 N–H and O–H groups in total. The summed E-state index contributed by atoms with van der Waals surface area (Å²) >= 11 is 3.09. The van der Waals surface area contributed by atoms with Gasteiger partial charge in [-0.25, -0.2) is 13.8 Å². The van der Waals surface area contributed by atoms with Gasteiger partial charge in [0, 0.05) is 36.7 Å². The highest BCUT2D eigenvalue weighted by Gasteiger charge is 2.33. The monoisotopic (exact) mass is 307 g/mol. The maximum atomic E-state index is 14.1. The predicted molar refractivity (Wildman–Crippen MR) is 61.3 cm³/mol. The van der Waals surface area contributed by atoms with Gasteiger partial charge in [0.05, 0.1) is 0 Å². The molecule has 6 heteroatoms. The van der Waals surface area contributed by atoms with E-state index in [0.29, 0.717) is 17.7 Å². The third-order valence-corrected chi connectivity index (χ3v) is 3.06. The molecule has 1 fully saturated rings. The van der Waals surface area contributed by atoms with Crippen molar-refractivity contribution in [3.8, 4) is 5.88 Å². The lowest BCUT2D eigenvalue weighted by Gasteiger charge is -2.28. The van der Waals surface area contributed by atoms with Crippen LogP contribution >= 0.6 is 15.9 Å². The van der Waals surface area contributed by atoms with Crippen LogP contribution in [0, 0.1) is 5.82 Å². The lowest BCUT2D eigenvalue weighted by Crippen LogP contribution is -2.37. The number of halogens is 3. The molecule has 17 heavy (non-hydrogen) atoms. The fourth-order valence-corrected chi connectivity index (χ4v) is 1.89. The van der Waals surface area contributed by atoms with Crippen LogP contribution in [0.4, 0.5) is 8.78 Å².